The van der Waals surface area contributed by atoms with Crippen LogP contribution in [0.5, 0.6) is 0 Å². The molecule has 2 aliphatic rings. The van der Waals surface area contributed by atoms with Gasteiger partial charge in [0.1, 0.15) is 5.58 Å². The number of carbonyl (C=O) groups excluding carboxylic acids is 2. The lowest BCUT2D eigenvalue weighted by Crippen LogP contribution is -2.52. The number of carbonyl (C=O) groups is 2. The summed E-state index contributed by atoms with van der Waals surface area (Å²) in [7, 11) is 1.63. The van der Waals surface area contributed by atoms with E-state index >= 15 is 0 Å². The van der Waals surface area contributed by atoms with Gasteiger partial charge in [-0.25, -0.2) is 0 Å². The minimum atomic E-state index is -1.59. The molecule has 1 atom stereocenters. The van der Waals surface area contributed by atoms with Crippen LogP contribution in [-0.2, 0) is 10.3 Å². The monoisotopic (exact) mass is 406 g/mol. The number of fused-ring (bicyclic) bond motifs is 5. The maximum Gasteiger partial charge on any atom is 0.291 e. The molecule has 0 aliphatic carbocycles. The lowest BCUT2D eigenvalue weighted by atomic mass is 9.84. The van der Waals surface area contributed by atoms with E-state index in [0.29, 0.717) is 16.3 Å². The topological polar surface area (TPSA) is 70.8 Å². The van der Waals surface area contributed by atoms with Gasteiger partial charge in [-0.2, -0.15) is 0 Å². The number of benzene rings is 2. The average molecular weight is 407 g/mol. The Bertz CT molecular complexity index is 1310. The first-order valence-corrected chi connectivity index (χ1v) is 9.38. The normalized spacial score (nSPS) is 19.9. The summed E-state index contributed by atoms with van der Waals surface area (Å²) in [4.78, 5) is 43.4. The van der Waals surface area contributed by atoms with Gasteiger partial charge in [0.25, 0.3) is 11.8 Å². The van der Waals surface area contributed by atoms with Crippen LogP contribution >= 0.6 is 11.6 Å². The molecule has 2 aliphatic heterocycles. The van der Waals surface area contributed by atoms with E-state index in [1.165, 1.54) is 21.9 Å². The summed E-state index contributed by atoms with van der Waals surface area (Å²) in [6.07, 6.45) is 1.53. The van der Waals surface area contributed by atoms with Gasteiger partial charge in [-0.15, -0.1) is 6.58 Å². The van der Waals surface area contributed by atoms with Crippen molar-refractivity contribution in [1.29, 1.82) is 0 Å². The Morgan fingerprint density at radius 2 is 1.93 bits per heavy atom. The number of likely N-dealkylation sites (N-methyl/N-ethyl adjacent to an activating group) is 1. The Kier molecular flexibility index (Phi) is 3.55. The largest absolute Gasteiger partial charge is 0.450 e. The zero-order valence-electron chi connectivity index (χ0n) is 15.4. The second-order valence-corrected chi connectivity index (χ2v) is 7.51. The molecule has 29 heavy (non-hydrogen) atoms. The fourth-order valence-electron chi connectivity index (χ4n) is 4.45. The number of hydrogen-bond donors (Lipinski definition) is 0. The van der Waals surface area contributed by atoms with Crippen molar-refractivity contribution in [1.82, 2.24) is 4.90 Å². The molecule has 0 fully saturated rings. The molecule has 144 valence electrons. The zero-order chi connectivity index (χ0) is 20.5. The Morgan fingerprint density at radius 1 is 1.17 bits per heavy atom. The molecule has 3 heterocycles. The maximum absolute atomic E-state index is 13.6. The summed E-state index contributed by atoms with van der Waals surface area (Å²) in [6, 6.07) is 11.8. The molecule has 0 unspecified atom stereocenters. The number of amides is 2. The van der Waals surface area contributed by atoms with Crippen LogP contribution in [0.4, 0.5) is 5.69 Å². The number of anilines is 1. The standard InChI is InChI=1S/C22H15ClN2O4/c1-3-10-25-20(27)19-17(18(26)13-11-12(23)8-9-16(13)29-19)22(25)14-6-4-5-7-15(14)24(2)21(22)28/h3-9,11H,1,10H2,2H3/t22-/m1/s1. The van der Waals surface area contributed by atoms with Crippen molar-refractivity contribution in [2.75, 3.05) is 18.5 Å². The van der Waals surface area contributed by atoms with Crippen LogP contribution in [-0.4, -0.2) is 30.3 Å². The fraction of sp³-hybridized carbons (Fsp3) is 0.136. The van der Waals surface area contributed by atoms with E-state index in [-0.39, 0.29) is 34.7 Å². The summed E-state index contributed by atoms with van der Waals surface area (Å²) < 4.78 is 5.86. The number of halogens is 1. The number of hydrogen-bond acceptors (Lipinski definition) is 4. The summed E-state index contributed by atoms with van der Waals surface area (Å²) in [5.74, 6) is -1.03. The highest BCUT2D eigenvalue weighted by Crippen LogP contribution is 2.51. The van der Waals surface area contributed by atoms with Gasteiger partial charge >= 0.3 is 0 Å². The molecule has 5 rings (SSSR count). The van der Waals surface area contributed by atoms with Gasteiger partial charge in [-0.1, -0.05) is 35.9 Å². The number of rotatable bonds is 2. The minimum absolute atomic E-state index is 0.0286. The first-order valence-electron chi connectivity index (χ1n) is 9.00. The molecule has 7 heteroatoms. The van der Waals surface area contributed by atoms with Crippen molar-refractivity contribution in [3.63, 3.8) is 0 Å². The summed E-state index contributed by atoms with van der Waals surface area (Å²) >= 11 is 6.09. The Morgan fingerprint density at radius 3 is 2.69 bits per heavy atom. The Hall–Kier alpha value is -3.38. The van der Waals surface area contributed by atoms with Crippen molar-refractivity contribution < 1.29 is 14.0 Å². The van der Waals surface area contributed by atoms with Crippen LogP contribution in [0.25, 0.3) is 11.0 Å². The van der Waals surface area contributed by atoms with Gasteiger partial charge in [0, 0.05) is 29.9 Å². The molecule has 0 bridgehead atoms. The summed E-state index contributed by atoms with van der Waals surface area (Å²) in [6.45, 7) is 3.80. The second-order valence-electron chi connectivity index (χ2n) is 7.07. The molecule has 6 nitrogen and oxygen atoms in total. The predicted octanol–water partition coefficient (Wildman–Crippen LogP) is 3.31. The molecular formula is C22H15ClN2O4. The molecule has 0 radical (unpaired) electrons. The van der Waals surface area contributed by atoms with E-state index in [9.17, 15) is 14.4 Å². The molecule has 0 saturated carbocycles. The van der Waals surface area contributed by atoms with E-state index in [1.807, 2.05) is 0 Å². The predicted molar refractivity (Wildman–Crippen MR) is 109 cm³/mol. The van der Waals surface area contributed by atoms with Crippen LogP contribution in [0.2, 0.25) is 5.02 Å². The van der Waals surface area contributed by atoms with Crippen molar-refractivity contribution >= 4 is 40.1 Å². The van der Waals surface area contributed by atoms with E-state index in [1.54, 1.807) is 43.4 Å². The van der Waals surface area contributed by atoms with Crippen LogP contribution in [0, 0.1) is 0 Å². The van der Waals surface area contributed by atoms with Gasteiger partial charge in [0.15, 0.2) is 11.0 Å². The van der Waals surface area contributed by atoms with Gasteiger partial charge in [-0.05, 0) is 24.3 Å². The molecule has 1 aromatic heterocycles. The van der Waals surface area contributed by atoms with E-state index in [4.69, 9.17) is 16.0 Å². The molecule has 1 spiro atoms. The fourth-order valence-corrected chi connectivity index (χ4v) is 4.62. The quantitative estimate of drug-likeness (QED) is 0.612. The van der Waals surface area contributed by atoms with Crippen LogP contribution in [0.1, 0.15) is 21.7 Å². The highest BCUT2D eigenvalue weighted by Gasteiger charge is 2.64. The van der Waals surface area contributed by atoms with Gasteiger partial charge in [0.2, 0.25) is 5.76 Å². The Labute approximate surface area is 170 Å². The summed E-state index contributed by atoms with van der Waals surface area (Å²) in [5.41, 5.74) is -0.562. The van der Waals surface area contributed by atoms with Crippen molar-refractivity contribution in [2.45, 2.75) is 5.54 Å². The lowest BCUT2D eigenvalue weighted by molar-refractivity contribution is -0.125. The van der Waals surface area contributed by atoms with Crippen molar-refractivity contribution in [2.24, 2.45) is 0 Å². The maximum atomic E-state index is 13.6. The minimum Gasteiger partial charge on any atom is -0.450 e. The van der Waals surface area contributed by atoms with Crippen LogP contribution < -0.4 is 10.3 Å². The highest BCUT2D eigenvalue weighted by molar-refractivity contribution is 6.31. The van der Waals surface area contributed by atoms with E-state index in [2.05, 4.69) is 6.58 Å². The van der Waals surface area contributed by atoms with E-state index in [0.717, 1.165) is 0 Å². The summed E-state index contributed by atoms with van der Waals surface area (Å²) in [5, 5.41) is 0.588. The van der Waals surface area contributed by atoms with E-state index < -0.39 is 16.9 Å². The molecule has 3 aromatic rings. The first kappa shape index (κ1) is 17.7. The first-order chi connectivity index (χ1) is 13.9. The molecule has 2 aromatic carbocycles. The smallest absolute Gasteiger partial charge is 0.291 e. The second kappa shape index (κ2) is 5.81. The third-order valence-corrected chi connectivity index (χ3v) is 5.87. The highest BCUT2D eigenvalue weighted by atomic mass is 35.5. The SMILES string of the molecule is C=CCN1C(=O)c2oc3ccc(Cl)cc3c(=O)c2[C@]12C(=O)N(C)c1ccccc12. The third-order valence-electron chi connectivity index (χ3n) is 5.64. The Balaban J connectivity index is 1.98. The number of nitrogens with zero attached hydrogens (tertiary/aromatic N) is 2. The molecule has 0 N–H and O–H groups in total. The van der Waals surface area contributed by atoms with Crippen LogP contribution in [0.3, 0.4) is 0 Å². The molecule has 2 amide bonds. The molecular weight excluding hydrogens is 392 g/mol. The zero-order valence-corrected chi connectivity index (χ0v) is 16.2. The van der Waals surface area contributed by atoms with Gasteiger partial charge in [0.05, 0.1) is 10.9 Å². The van der Waals surface area contributed by atoms with Gasteiger partial charge < -0.3 is 14.2 Å². The van der Waals surface area contributed by atoms with Gasteiger partial charge in [-0.3, -0.25) is 14.4 Å². The van der Waals surface area contributed by atoms with Crippen molar-refractivity contribution in [3.05, 3.63) is 87.3 Å². The number of para-hydroxylation sites is 1. The van der Waals surface area contributed by atoms with Crippen LogP contribution in [0.15, 0.2) is 64.3 Å². The third kappa shape index (κ3) is 1.99. The van der Waals surface area contributed by atoms with Crippen molar-refractivity contribution in [3.8, 4) is 0 Å². The molecule has 0 saturated heterocycles. The lowest BCUT2D eigenvalue weighted by Gasteiger charge is -2.33. The average Bonchev–Trinajstić information content (AvgIpc) is 3.09.